The van der Waals surface area contributed by atoms with Crippen molar-refractivity contribution in [2.24, 2.45) is 5.11 Å². The highest BCUT2D eigenvalue weighted by atomic mass is 19.1. The van der Waals surface area contributed by atoms with E-state index in [1.165, 1.54) is 6.07 Å². The number of aryl methyl sites for hydroxylation is 1. The van der Waals surface area contributed by atoms with Gasteiger partial charge in [-0.05, 0) is 24.1 Å². The van der Waals surface area contributed by atoms with Gasteiger partial charge in [0.1, 0.15) is 5.82 Å². The van der Waals surface area contributed by atoms with Crippen LogP contribution >= 0.6 is 0 Å². The van der Waals surface area contributed by atoms with Crippen LogP contribution in [-0.4, -0.2) is 6.54 Å². The molecule has 0 fully saturated rings. The molecule has 4 heteroatoms. The average Bonchev–Trinajstić information content (AvgIpc) is 2.15. The Bertz CT molecular complexity index is 392. The van der Waals surface area contributed by atoms with Gasteiger partial charge in [-0.3, -0.25) is 0 Å². The summed E-state index contributed by atoms with van der Waals surface area (Å²) in [6, 6.07) is 4.99. The van der Waals surface area contributed by atoms with Gasteiger partial charge in [-0.1, -0.05) is 29.4 Å². The zero-order valence-electron chi connectivity index (χ0n) is 7.81. The molecule has 1 aromatic carbocycles. The van der Waals surface area contributed by atoms with Crippen LogP contribution in [0.25, 0.3) is 16.5 Å². The molecular weight excluding hydrogens is 181 g/mol. The van der Waals surface area contributed by atoms with Crippen molar-refractivity contribution in [1.29, 1.82) is 0 Å². The molecule has 72 valence electrons. The fraction of sp³-hybridized carbons (Fsp3) is 0.200. The van der Waals surface area contributed by atoms with Gasteiger partial charge in [0, 0.05) is 17.0 Å². The second-order valence-electron chi connectivity index (χ2n) is 2.84. The van der Waals surface area contributed by atoms with Gasteiger partial charge >= 0.3 is 0 Å². The molecule has 0 aliphatic rings. The first-order valence-electron chi connectivity index (χ1n) is 4.17. The third-order valence-corrected chi connectivity index (χ3v) is 1.70. The first-order chi connectivity index (χ1) is 6.74. The maximum absolute atomic E-state index is 13.2. The van der Waals surface area contributed by atoms with Gasteiger partial charge in [0.25, 0.3) is 0 Å². The predicted octanol–water partition coefficient (Wildman–Crippen LogP) is 3.46. The molecular formula is C10H10FN3. The summed E-state index contributed by atoms with van der Waals surface area (Å²) in [5, 5.41) is 3.31. The molecule has 0 aliphatic carbocycles. The summed E-state index contributed by atoms with van der Waals surface area (Å²) in [6.45, 7) is 2.07. The summed E-state index contributed by atoms with van der Waals surface area (Å²) in [6.07, 6.45) is 3.22. The monoisotopic (exact) mass is 191 g/mol. The third kappa shape index (κ3) is 2.92. The molecule has 0 bridgehead atoms. The lowest BCUT2D eigenvalue weighted by molar-refractivity contribution is 0.624. The summed E-state index contributed by atoms with van der Waals surface area (Å²) in [4.78, 5) is 2.58. The fourth-order valence-electron chi connectivity index (χ4n) is 1.03. The Balaban J connectivity index is 2.76. The largest absolute Gasteiger partial charge is 0.206 e. The highest BCUT2D eigenvalue weighted by molar-refractivity contribution is 5.50. The minimum atomic E-state index is -0.262. The van der Waals surface area contributed by atoms with Crippen LogP contribution in [0.15, 0.2) is 29.4 Å². The van der Waals surface area contributed by atoms with E-state index in [0.29, 0.717) is 5.56 Å². The highest BCUT2D eigenvalue weighted by Crippen LogP contribution is 2.11. The summed E-state index contributed by atoms with van der Waals surface area (Å²) in [5.74, 6) is -0.262. The smallest absolute Gasteiger partial charge is 0.130 e. The quantitative estimate of drug-likeness (QED) is 0.399. The lowest BCUT2D eigenvalue weighted by atomic mass is 10.1. The second-order valence-corrected chi connectivity index (χ2v) is 2.84. The van der Waals surface area contributed by atoms with E-state index in [2.05, 4.69) is 10.0 Å². The van der Waals surface area contributed by atoms with Gasteiger partial charge in [-0.2, -0.15) is 0 Å². The summed E-state index contributed by atoms with van der Waals surface area (Å²) >= 11 is 0. The molecule has 0 radical (unpaired) electrons. The van der Waals surface area contributed by atoms with Crippen molar-refractivity contribution >= 4 is 6.08 Å². The first-order valence-corrected chi connectivity index (χ1v) is 4.17. The zero-order chi connectivity index (χ0) is 10.4. The molecule has 0 saturated carbocycles. The molecule has 0 unspecified atom stereocenters. The van der Waals surface area contributed by atoms with Crippen molar-refractivity contribution in [3.05, 3.63) is 51.7 Å². The number of azide groups is 1. The summed E-state index contributed by atoms with van der Waals surface area (Å²) in [7, 11) is 0. The standard InChI is InChI=1S/C10H10FN3/c1-8-4-5-9(10(11)7-8)3-2-6-13-14-12/h2-5,7H,6H2,1H3. The van der Waals surface area contributed by atoms with E-state index in [1.54, 1.807) is 18.2 Å². The molecule has 0 N–H and O–H groups in total. The Labute approximate surface area is 81.5 Å². The fourth-order valence-corrected chi connectivity index (χ4v) is 1.03. The molecule has 0 saturated heterocycles. The number of hydrogen-bond donors (Lipinski definition) is 0. The Kier molecular flexibility index (Phi) is 3.70. The summed E-state index contributed by atoms with van der Waals surface area (Å²) < 4.78 is 13.2. The van der Waals surface area contributed by atoms with E-state index in [4.69, 9.17) is 5.53 Å². The first kappa shape index (κ1) is 10.3. The van der Waals surface area contributed by atoms with Crippen molar-refractivity contribution < 1.29 is 4.39 Å². The number of halogens is 1. The van der Waals surface area contributed by atoms with Crippen LogP contribution in [0.1, 0.15) is 11.1 Å². The highest BCUT2D eigenvalue weighted by Gasteiger charge is 1.96. The van der Waals surface area contributed by atoms with Crippen LogP contribution < -0.4 is 0 Å². The van der Waals surface area contributed by atoms with Gasteiger partial charge in [0.05, 0.1) is 0 Å². The van der Waals surface area contributed by atoms with Crippen LogP contribution in [-0.2, 0) is 0 Å². The molecule has 3 nitrogen and oxygen atoms in total. The molecule has 0 aliphatic heterocycles. The molecule has 0 aromatic heterocycles. The van der Waals surface area contributed by atoms with Crippen LogP contribution in [0.2, 0.25) is 0 Å². The number of rotatable bonds is 3. The van der Waals surface area contributed by atoms with Crippen LogP contribution in [0.3, 0.4) is 0 Å². The molecule has 14 heavy (non-hydrogen) atoms. The van der Waals surface area contributed by atoms with Crippen LogP contribution in [0.4, 0.5) is 4.39 Å². The van der Waals surface area contributed by atoms with Crippen molar-refractivity contribution in [2.75, 3.05) is 6.54 Å². The van der Waals surface area contributed by atoms with Crippen molar-refractivity contribution in [1.82, 2.24) is 0 Å². The zero-order valence-corrected chi connectivity index (χ0v) is 7.81. The van der Waals surface area contributed by atoms with Gasteiger partial charge in [-0.25, -0.2) is 4.39 Å². The van der Waals surface area contributed by atoms with E-state index >= 15 is 0 Å². The third-order valence-electron chi connectivity index (χ3n) is 1.70. The normalized spacial score (nSPS) is 10.1. The van der Waals surface area contributed by atoms with Crippen molar-refractivity contribution in [3.63, 3.8) is 0 Å². The molecule has 0 heterocycles. The Morgan fingerprint density at radius 1 is 1.57 bits per heavy atom. The maximum atomic E-state index is 13.2. The Morgan fingerprint density at radius 2 is 2.36 bits per heavy atom. The van der Waals surface area contributed by atoms with Crippen LogP contribution in [0.5, 0.6) is 0 Å². The Hall–Kier alpha value is -1.80. The van der Waals surface area contributed by atoms with Gasteiger partial charge < -0.3 is 0 Å². The molecule has 0 atom stereocenters. The molecule has 0 spiro atoms. The minimum absolute atomic E-state index is 0.240. The minimum Gasteiger partial charge on any atom is -0.206 e. The number of hydrogen-bond acceptors (Lipinski definition) is 1. The van der Waals surface area contributed by atoms with Gasteiger partial charge in [0.2, 0.25) is 0 Å². The Morgan fingerprint density at radius 3 is 3.00 bits per heavy atom. The molecule has 1 aromatic rings. The van der Waals surface area contributed by atoms with Crippen molar-refractivity contribution in [3.8, 4) is 0 Å². The van der Waals surface area contributed by atoms with E-state index in [1.807, 2.05) is 13.0 Å². The predicted molar refractivity (Wildman–Crippen MR) is 54.2 cm³/mol. The maximum Gasteiger partial charge on any atom is 0.130 e. The SMILES string of the molecule is Cc1ccc(C=CCN=[N+]=[N-])c(F)c1. The van der Waals surface area contributed by atoms with E-state index in [-0.39, 0.29) is 12.4 Å². The summed E-state index contributed by atoms with van der Waals surface area (Å²) in [5.41, 5.74) is 9.39. The van der Waals surface area contributed by atoms with E-state index in [9.17, 15) is 4.39 Å². The van der Waals surface area contributed by atoms with E-state index in [0.717, 1.165) is 5.56 Å². The lowest BCUT2D eigenvalue weighted by Crippen LogP contribution is -1.83. The van der Waals surface area contributed by atoms with Crippen molar-refractivity contribution in [2.45, 2.75) is 6.92 Å². The number of benzene rings is 1. The lowest BCUT2D eigenvalue weighted by Gasteiger charge is -1.97. The van der Waals surface area contributed by atoms with Crippen LogP contribution in [0, 0.1) is 12.7 Å². The number of nitrogens with zero attached hydrogens (tertiary/aromatic N) is 3. The van der Waals surface area contributed by atoms with Gasteiger partial charge in [-0.15, -0.1) is 0 Å². The van der Waals surface area contributed by atoms with E-state index < -0.39 is 0 Å². The molecule has 0 amide bonds. The average molecular weight is 191 g/mol. The second kappa shape index (κ2) is 5.04. The molecule has 1 rings (SSSR count). The topological polar surface area (TPSA) is 48.8 Å². The van der Waals surface area contributed by atoms with Gasteiger partial charge in [0.15, 0.2) is 0 Å².